The van der Waals surface area contributed by atoms with Gasteiger partial charge < -0.3 is 9.64 Å². The molecule has 0 N–H and O–H groups in total. The van der Waals surface area contributed by atoms with Crippen molar-refractivity contribution in [2.45, 2.75) is 58.3 Å². The summed E-state index contributed by atoms with van der Waals surface area (Å²) in [6.45, 7) is 7.90. The summed E-state index contributed by atoms with van der Waals surface area (Å²) in [5, 5.41) is 0. The smallest absolute Gasteiger partial charge is 0.0593 e. The van der Waals surface area contributed by atoms with Crippen LogP contribution in [0.25, 0.3) is 0 Å². The number of rotatable bonds is 9. The van der Waals surface area contributed by atoms with Crippen LogP contribution in [0.15, 0.2) is 0 Å². The molecule has 3 heteroatoms. The van der Waals surface area contributed by atoms with Crippen molar-refractivity contribution in [3.8, 4) is 0 Å². The lowest BCUT2D eigenvalue weighted by Crippen LogP contribution is -2.32. The minimum atomic E-state index is 0. The highest BCUT2D eigenvalue weighted by atomic mass is 35.5. The molecular weight excluding hydrogens is 234 g/mol. The van der Waals surface area contributed by atoms with E-state index in [2.05, 4.69) is 11.8 Å². The highest BCUT2D eigenvalue weighted by Crippen LogP contribution is 2.08. The second-order valence-corrected chi connectivity index (χ2v) is 4.93. The normalized spacial score (nSPS) is 16.8. The van der Waals surface area contributed by atoms with Crippen LogP contribution in [0.4, 0.5) is 0 Å². The topological polar surface area (TPSA) is 12.5 Å². The molecule has 0 atom stereocenters. The van der Waals surface area contributed by atoms with Crippen LogP contribution in [0.1, 0.15) is 58.3 Å². The van der Waals surface area contributed by atoms with Gasteiger partial charge in [-0.2, -0.15) is 0 Å². The van der Waals surface area contributed by atoms with Crippen LogP contribution in [0, 0.1) is 0 Å². The molecule has 0 radical (unpaired) electrons. The van der Waals surface area contributed by atoms with E-state index in [9.17, 15) is 0 Å². The van der Waals surface area contributed by atoms with Crippen LogP contribution < -0.4 is 0 Å². The number of halogens is 1. The van der Waals surface area contributed by atoms with Gasteiger partial charge in [0.15, 0.2) is 0 Å². The Morgan fingerprint density at radius 2 is 1.59 bits per heavy atom. The van der Waals surface area contributed by atoms with Crippen LogP contribution in [-0.4, -0.2) is 37.7 Å². The van der Waals surface area contributed by atoms with Crippen molar-refractivity contribution in [3.63, 3.8) is 0 Å². The van der Waals surface area contributed by atoms with Crippen molar-refractivity contribution in [3.05, 3.63) is 0 Å². The predicted molar refractivity (Wildman–Crippen MR) is 77.1 cm³/mol. The van der Waals surface area contributed by atoms with Gasteiger partial charge in [0.1, 0.15) is 0 Å². The van der Waals surface area contributed by atoms with Crippen LogP contribution >= 0.6 is 12.4 Å². The summed E-state index contributed by atoms with van der Waals surface area (Å²) in [6, 6.07) is 0. The summed E-state index contributed by atoms with van der Waals surface area (Å²) in [5.74, 6) is 0. The molecule has 1 fully saturated rings. The standard InChI is InChI=1S/C14H29NO.ClH/c1-2-3-4-5-9-13-16-14-12-15-10-7-6-8-11-15;/h2-14H2,1H3;1H. The highest BCUT2D eigenvalue weighted by molar-refractivity contribution is 5.85. The van der Waals surface area contributed by atoms with Gasteiger partial charge in [-0.1, -0.05) is 39.0 Å². The molecule has 0 spiro atoms. The zero-order chi connectivity index (χ0) is 11.5. The Hall–Kier alpha value is 0.210. The quantitative estimate of drug-likeness (QED) is 0.586. The first-order valence-electron chi connectivity index (χ1n) is 7.23. The number of ether oxygens (including phenoxy) is 1. The number of unbranched alkanes of at least 4 members (excludes halogenated alkanes) is 4. The maximum atomic E-state index is 5.67. The second-order valence-electron chi connectivity index (χ2n) is 4.93. The van der Waals surface area contributed by atoms with E-state index in [0.29, 0.717) is 0 Å². The van der Waals surface area contributed by atoms with Gasteiger partial charge in [-0.25, -0.2) is 0 Å². The lowest BCUT2D eigenvalue weighted by molar-refractivity contribution is 0.0938. The van der Waals surface area contributed by atoms with Gasteiger partial charge >= 0.3 is 0 Å². The summed E-state index contributed by atoms with van der Waals surface area (Å²) >= 11 is 0. The third-order valence-electron chi connectivity index (χ3n) is 3.39. The molecule has 0 aromatic heterocycles. The molecule has 0 aromatic carbocycles. The first kappa shape index (κ1) is 17.2. The zero-order valence-corrected chi connectivity index (χ0v) is 12.3. The third-order valence-corrected chi connectivity index (χ3v) is 3.39. The maximum Gasteiger partial charge on any atom is 0.0593 e. The Labute approximate surface area is 114 Å². The SMILES string of the molecule is CCCCCCCOCCN1CCCCC1.Cl. The maximum absolute atomic E-state index is 5.67. The minimum Gasteiger partial charge on any atom is -0.380 e. The summed E-state index contributed by atoms with van der Waals surface area (Å²) in [4.78, 5) is 2.54. The molecule has 0 amide bonds. The molecule has 0 bridgehead atoms. The van der Waals surface area contributed by atoms with Gasteiger partial charge in [0.2, 0.25) is 0 Å². The van der Waals surface area contributed by atoms with Crippen LogP contribution in [0.3, 0.4) is 0 Å². The molecule has 2 nitrogen and oxygen atoms in total. The van der Waals surface area contributed by atoms with Crippen LogP contribution in [0.5, 0.6) is 0 Å². The molecule has 1 aliphatic rings. The average molecular weight is 264 g/mol. The van der Waals surface area contributed by atoms with Gasteiger partial charge in [-0.3, -0.25) is 0 Å². The molecular formula is C14H30ClNO. The predicted octanol–water partition coefficient (Wildman–Crippen LogP) is 3.88. The van der Waals surface area contributed by atoms with E-state index in [4.69, 9.17) is 4.74 Å². The van der Waals surface area contributed by atoms with Gasteiger partial charge in [-0.15, -0.1) is 12.4 Å². The first-order valence-corrected chi connectivity index (χ1v) is 7.23. The summed E-state index contributed by atoms with van der Waals surface area (Å²) < 4.78 is 5.67. The molecule has 104 valence electrons. The molecule has 0 saturated carbocycles. The minimum absolute atomic E-state index is 0. The first-order chi connectivity index (χ1) is 7.93. The largest absolute Gasteiger partial charge is 0.380 e. The van der Waals surface area contributed by atoms with E-state index in [0.717, 1.165) is 19.8 Å². The summed E-state index contributed by atoms with van der Waals surface area (Å²) in [5.41, 5.74) is 0. The van der Waals surface area contributed by atoms with Crippen molar-refractivity contribution >= 4 is 12.4 Å². The molecule has 1 heterocycles. The molecule has 17 heavy (non-hydrogen) atoms. The second kappa shape index (κ2) is 12.7. The Kier molecular flexibility index (Phi) is 12.8. The molecule has 1 rings (SSSR count). The number of likely N-dealkylation sites (tertiary alicyclic amines) is 1. The number of hydrogen-bond acceptors (Lipinski definition) is 2. The van der Waals surface area contributed by atoms with Crippen LogP contribution in [-0.2, 0) is 4.74 Å². The Morgan fingerprint density at radius 3 is 2.29 bits per heavy atom. The number of nitrogens with zero attached hydrogens (tertiary/aromatic N) is 1. The van der Waals surface area contributed by atoms with Gasteiger partial charge in [0.25, 0.3) is 0 Å². The molecule has 0 unspecified atom stereocenters. The fourth-order valence-corrected chi connectivity index (χ4v) is 2.29. The molecule has 1 saturated heterocycles. The van der Waals surface area contributed by atoms with Gasteiger partial charge in [0.05, 0.1) is 6.61 Å². The molecule has 1 aliphatic heterocycles. The lowest BCUT2D eigenvalue weighted by Gasteiger charge is -2.26. The van der Waals surface area contributed by atoms with E-state index in [1.165, 1.54) is 64.5 Å². The van der Waals surface area contributed by atoms with E-state index >= 15 is 0 Å². The molecule has 0 aromatic rings. The fraction of sp³-hybridized carbons (Fsp3) is 1.00. The Balaban J connectivity index is 0.00000256. The lowest BCUT2D eigenvalue weighted by atomic mass is 10.1. The van der Waals surface area contributed by atoms with E-state index in [1.807, 2.05) is 0 Å². The zero-order valence-electron chi connectivity index (χ0n) is 11.5. The van der Waals surface area contributed by atoms with Gasteiger partial charge in [-0.05, 0) is 32.4 Å². The third kappa shape index (κ3) is 9.87. The number of hydrogen-bond donors (Lipinski definition) is 0. The summed E-state index contributed by atoms with van der Waals surface area (Å²) in [7, 11) is 0. The van der Waals surface area contributed by atoms with E-state index in [1.54, 1.807) is 0 Å². The van der Waals surface area contributed by atoms with Crippen molar-refractivity contribution in [1.29, 1.82) is 0 Å². The van der Waals surface area contributed by atoms with Gasteiger partial charge in [0, 0.05) is 13.2 Å². The Morgan fingerprint density at radius 1 is 0.882 bits per heavy atom. The number of piperidine rings is 1. The summed E-state index contributed by atoms with van der Waals surface area (Å²) in [6.07, 6.45) is 10.9. The monoisotopic (exact) mass is 263 g/mol. The van der Waals surface area contributed by atoms with E-state index < -0.39 is 0 Å². The fourth-order valence-electron chi connectivity index (χ4n) is 2.29. The molecule has 0 aliphatic carbocycles. The van der Waals surface area contributed by atoms with Crippen molar-refractivity contribution < 1.29 is 4.74 Å². The highest BCUT2D eigenvalue weighted by Gasteiger charge is 2.08. The Bertz CT molecular complexity index is 149. The van der Waals surface area contributed by atoms with Crippen molar-refractivity contribution in [1.82, 2.24) is 4.90 Å². The van der Waals surface area contributed by atoms with Crippen LogP contribution in [0.2, 0.25) is 0 Å². The van der Waals surface area contributed by atoms with Crippen molar-refractivity contribution in [2.75, 3.05) is 32.8 Å². The average Bonchev–Trinajstić information content (AvgIpc) is 2.34. The van der Waals surface area contributed by atoms with E-state index in [-0.39, 0.29) is 12.4 Å². The van der Waals surface area contributed by atoms with Crippen molar-refractivity contribution in [2.24, 2.45) is 0 Å².